The molecule has 2 heterocycles. The third-order valence-electron chi connectivity index (χ3n) is 4.13. The van der Waals surface area contributed by atoms with Gasteiger partial charge in [-0.3, -0.25) is 4.90 Å². The van der Waals surface area contributed by atoms with Crippen LogP contribution in [-0.4, -0.2) is 72.4 Å². The molecule has 2 unspecified atom stereocenters. The predicted molar refractivity (Wildman–Crippen MR) is 68.7 cm³/mol. The van der Waals surface area contributed by atoms with Crippen molar-refractivity contribution < 1.29 is 14.6 Å². The third kappa shape index (κ3) is 3.43. The van der Waals surface area contributed by atoms with Crippen LogP contribution in [0.3, 0.4) is 0 Å². The minimum absolute atomic E-state index is 0.535. The minimum atomic E-state index is -0.830. The Bertz CT molecular complexity index is 285. The summed E-state index contributed by atoms with van der Waals surface area (Å²) in [6, 6.07) is 0.535. The highest BCUT2D eigenvalue weighted by atomic mass is 16.5. The number of rotatable bonds is 3. The van der Waals surface area contributed by atoms with Gasteiger partial charge < -0.3 is 14.7 Å². The topological polar surface area (TPSA) is 53.0 Å². The molecule has 0 aromatic carbocycles. The first-order valence-corrected chi connectivity index (χ1v) is 7.01. The zero-order valence-corrected chi connectivity index (χ0v) is 11.2. The van der Waals surface area contributed by atoms with Crippen molar-refractivity contribution in [1.29, 1.82) is 0 Å². The van der Waals surface area contributed by atoms with Gasteiger partial charge in [-0.1, -0.05) is 6.92 Å². The van der Waals surface area contributed by atoms with Gasteiger partial charge in [0.1, 0.15) is 0 Å². The van der Waals surface area contributed by atoms with Crippen LogP contribution in [0.25, 0.3) is 0 Å². The van der Waals surface area contributed by atoms with Gasteiger partial charge in [0.2, 0.25) is 0 Å². The second kappa shape index (κ2) is 6.50. The number of hydrogen-bond donors (Lipinski definition) is 1. The molecule has 0 spiro atoms. The molecule has 2 saturated heterocycles. The molecule has 0 aromatic rings. The summed E-state index contributed by atoms with van der Waals surface area (Å²) in [4.78, 5) is 15.8. The van der Waals surface area contributed by atoms with Gasteiger partial charge in [-0.05, 0) is 38.9 Å². The van der Waals surface area contributed by atoms with E-state index < -0.39 is 12.1 Å². The van der Waals surface area contributed by atoms with Gasteiger partial charge in [-0.25, -0.2) is 4.79 Å². The summed E-state index contributed by atoms with van der Waals surface area (Å²) >= 11 is 0. The maximum Gasteiger partial charge on any atom is 0.334 e. The summed E-state index contributed by atoms with van der Waals surface area (Å²) in [5.41, 5.74) is 0. The van der Waals surface area contributed by atoms with Crippen LogP contribution in [0, 0.1) is 0 Å². The highest BCUT2D eigenvalue weighted by molar-refractivity contribution is 5.72. The van der Waals surface area contributed by atoms with E-state index in [2.05, 4.69) is 16.7 Å². The Hall–Kier alpha value is -0.650. The number of carboxylic acids is 1. The number of nitrogens with zero attached hydrogens (tertiary/aromatic N) is 2. The van der Waals surface area contributed by atoms with Crippen LogP contribution >= 0.6 is 0 Å². The standard InChI is InChI=1S/C13H24N2O3/c1-2-14-6-3-4-11(5-7-14)15-8-9-18-12(10-15)13(16)17/h11-12H,2-10H2,1H3,(H,16,17). The fourth-order valence-corrected chi connectivity index (χ4v) is 2.97. The van der Waals surface area contributed by atoms with Crippen LogP contribution in [-0.2, 0) is 9.53 Å². The number of ether oxygens (including phenoxy) is 1. The molecule has 2 aliphatic heterocycles. The average molecular weight is 256 g/mol. The van der Waals surface area contributed by atoms with Gasteiger partial charge >= 0.3 is 5.97 Å². The molecule has 5 heteroatoms. The molecule has 0 radical (unpaired) electrons. The first kappa shape index (κ1) is 13.8. The molecule has 2 atom stereocenters. The Morgan fingerprint density at radius 1 is 1.33 bits per heavy atom. The molecule has 2 rings (SSSR count). The van der Waals surface area contributed by atoms with Gasteiger partial charge in [-0.15, -0.1) is 0 Å². The summed E-state index contributed by atoms with van der Waals surface area (Å²) in [6.07, 6.45) is 2.92. The summed E-state index contributed by atoms with van der Waals surface area (Å²) < 4.78 is 5.28. The molecule has 2 fully saturated rings. The number of aliphatic carboxylic acids is 1. The van der Waals surface area contributed by atoms with Crippen molar-refractivity contribution in [3.63, 3.8) is 0 Å². The second-order valence-electron chi connectivity index (χ2n) is 5.21. The van der Waals surface area contributed by atoms with E-state index in [9.17, 15) is 4.79 Å². The van der Waals surface area contributed by atoms with E-state index in [0.29, 0.717) is 19.2 Å². The summed E-state index contributed by atoms with van der Waals surface area (Å²) in [5.74, 6) is -0.830. The molecule has 0 aliphatic carbocycles. The van der Waals surface area contributed by atoms with Crippen molar-refractivity contribution in [3.05, 3.63) is 0 Å². The first-order chi connectivity index (χ1) is 8.70. The van der Waals surface area contributed by atoms with Crippen LogP contribution in [0.1, 0.15) is 26.2 Å². The summed E-state index contributed by atoms with van der Waals surface area (Å²) in [7, 11) is 0. The SMILES string of the molecule is CCN1CCCC(N2CCOC(C(=O)O)C2)CC1. The molecule has 0 amide bonds. The lowest BCUT2D eigenvalue weighted by molar-refractivity contribution is -0.157. The van der Waals surface area contributed by atoms with Crippen molar-refractivity contribution in [2.75, 3.05) is 39.3 Å². The Labute approximate surface area is 109 Å². The van der Waals surface area contributed by atoms with Gasteiger partial charge in [-0.2, -0.15) is 0 Å². The molecular formula is C13H24N2O3. The van der Waals surface area contributed by atoms with Gasteiger partial charge in [0.15, 0.2) is 6.10 Å². The van der Waals surface area contributed by atoms with E-state index >= 15 is 0 Å². The number of carboxylic acid groups (broad SMARTS) is 1. The zero-order chi connectivity index (χ0) is 13.0. The van der Waals surface area contributed by atoms with Crippen LogP contribution in [0.15, 0.2) is 0 Å². The molecule has 18 heavy (non-hydrogen) atoms. The lowest BCUT2D eigenvalue weighted by Crippen LogP contribution is -2.50. The van der Waals surface area contributed by atoms with E-state index in [1.54, 1.807) is 0 Å². The molecule has 104 valence electrons. The van der Waals surface area contributed by atoms with Crippen molar-refractivity contribution in [1.82, 2.24) is 9.80 Å². The lowest BCUT2D eigenvalue weighted by atomic mass is 10.1. The molecule has 0 bridgehead atoms. The van der Waals surface area contributed by atoms with E-state index in [4.69, 9.17) is 9.84 Å². The zero-order valence-electron chi connectivity index (χ0n) is 11.2. The molecule has 5 nitrogen and oxygen atoms in total. The smallest absolute Gasteiger partial charge is 0.334 e. The molecule has 1 N–H and O–H groups in total. The Kier molecular flexibility index (Phi) is 4.97. The molecule has 0 aromatic heterocycles. The number of hydrogen-bond acceptors (Lipinski definition) is 4. The van der Waals surface area contributed by atoms with Crippen LogP contribution < -0.4 is 0 Å². The van der Waals surface area contributed by atoms with E-state index in [0.717, 1.165) is 26.1 Å². The second-order valence-corrected chi connectivity index (χ2v) is 5.21. The summed E-state index contributed by atoms with van der Waals surface area (Å²) in [5, 5.41) is 9.03. The number of morpholine rings is 1. The summed E-state index contributed by atoms with van der Waals surface area (Å²) in [6.45, 7) is 7.61. The quantitative estimate of drug-likeness (QED) is 0.803. The lowest BCUT2D eigenvalue weighted by Gasteiger charge is -2.36. The Morgan fingerprint density at radius 3 is 2.89 bits per heavy atom. The number of likely N-dealkylation sites (tertiary alicyclic amines) is 1. The minimum Gasteiger partial charge on any atom is -0.479 e. The van der Waals surface area contributed by atoms with Crippen molar-refractivity contribution in [2.24, 2.45) is 0 Å². The van der Waals surface area contributed by atoms with Crippen molar-refractivity contribution >= 4 is 5.97 Å². The number of carbonyl (C=O) groups is 1. The van der Waals surface area contributed by atoms with Crippen LogP contribution in [0.2, 0.25) is 0 Å². The third-order valence-corrected chi connectivity index (χ3v) is 4.13. The Morgan fingerprint density at radius 2 is 2.17 bits per heavy atom. The van der Waals surface area contributed by atoms with E-state index in [-0.39, 0.29) is 0 Å². The Balaban J connectivity index is 1.88. The average Bonchev–Trinajstić information content (AvgIpc) is 2.64. The van der Waals surface area contributed by atoms with E-state index in [1.807, 2.05) is 0 Å². The first-order valence-electron chi connectivity index (χ1n) is 7.01. The predicted octanol–water partition coefficient (Wildman–Crippen LogP) is 0.646. The van der Waals surface area contributed by atoms with Crippen LogP contribution in [0.4, 0.5) is 0 Å². The fraction of sp³-hybridized carbons (Fsp3) is 0.923. The highest BCUT2D eigenvalue weighted by Gasteiger charge is 2.31. The van der Waals surface area contributed by atoms with Gasteiger partial charge in [0, 0.05) is 19.1 Å². The van der Waals surface area contributed by atoms with Gasteiger partial charge in [0.25, 0.3) is 0 Å². The van der Waals surface area contributed by atoms with Crippen molar-refractivity contribution in [2.45, 2.75) is 38.3 Å². The highest BCUT2D eigenvalue weighted by Crippen LogP contribution is 2.19. The van der Waals surface area contributed by atoms with Crippen molar-refractivity contribution in [3.8, 4) is 0 Å². The van der Waals surface area contributed by atoms with E-state index in [1.165, 1.54) is 19.4 Å². The van der Waals surface area contributed by atoms with Crippen LogP contribution in [0.5, 0.6) is 0 Å². The monoisotopic (exact) mass is 256 g/mol. The normalized spacial score (nSPS) is 32.1. The molecule has 2 aliphatic rings. The van der Waals surface area contributed by atoms with Gasteiger partial charge in [0.05, 0.1) is 6.61 Å². The molecular weight excluding hydrogens is 232 g/mol. The maximum atomic E-state index is 11.0. The largest absolute Gasteiger partial charge is 0.479 e. The maximum absolute atomic E-state index is 11.0. The molecule has 0 saturated carbocycles. The fourth-order valence-electron chi connectivity index (χ4n) is 2.97.